The van der Waals surface area contributed by atoms with Crippen LogP contribution in [-0.4, -0.2) is 21.2 Å². The van der Waals surface area contributed by atoms with Crippen molar-refractivity contribution in [3.8, 4) is 11.1 Å². The number of nitrogens with zero attached hydrogens (tertiary/aromatic N) is 2. The maximum Gasteiger partial charge on any atom is 0.257 e. The molecule has 6 heteroatoms. The summed E-state index contributed by atoms with van der Waals surface area (Å²) in [5.41, 5.74) is 7.41. The standard InChI is InChI=1S/C24H23N3O2S/c1-3-19-14(2)25-24-27(23(19)29)12-17(13-30-24)22(28)26-18-8-9-21-16(11-18)10-15-6-4-5-7-20(15)21/h4-9,11,17H,3,10,12-13H2,1-2H3,(H,26,28)/t17-/m0/s1. The molecule has 2 aliphatic rings. The van der Waals surface area contributed by atoms with Crippen molar-refractivity contribution in [2.75, 3.05) is 11.1 Å². The van der Waals surface area contributed by atoms with E-state index < -0.39 is 0 Å². The van der Waals surface area contributed by atoms with Crippen molar-refractivity contribution in [2.24, 2.45) is 5.92 Å². The number of aromatic nitrogens is 2. The van der Waals surface area contributed by atoms with Crippen LogP contribution in [0.3, 0.4) is 0 Å². The van der Waals surface area contributed by atoms with E-state index in [0.717, 1.165) is 23.4 Å². The smallest absolute Gasteiger partial charge is 0.257 e. The number of thioether (sulfide) groups is 1. The van der Waals surface area contributed by atoms with Gasteiger partial charge in [0.2, 0.25) is 5.91 Å². The fourth-order valence-corrected chi connectivity index (χ4v) is 5.55. The van der Waals surface area contributed by atoms with E-state index in [1.165, 1.54) is 34.0 Å². The lowest BCUT2D eigenvalue weighted by Gasteiger charge is -2.25. The van der Waals surface area contributed by atoms with Crippen LogP contribution in [0.4, 0.5) is 5.69 Å². The second-order valence-electron chi connectivity index (χ2n) is 7.93. The molecule has 0 saturated heterocycles. The number of rotatable bonds is 3. The molecule has 1 N–H and O–H groups in total. The summed E-state index contributed by atoms with van der Waals surface area (Å²) >= 11 is 1.49. The van der Waals surface area contributed by atoms with Gasteiger partial charge in [-0.25, -0.2) is 4.98 Å². The van der Waals surface area contributed by atoms with Crippen molar-refractivity contribution < 1.29 is 4.79 Å². The van der Waals surface area contributed by atoms with Gasteiger partial charge < -0.3 is 5.32 Å². The summed E-state index contributed by atoms with van der Waals surface area (Å²) in [7, 11) is 0. The van der Waals surface area contributed by atoms with Gasteiger partial charge in [-0.05, 0) is 54.2 Å². The van der Waals surface area contributed by atoms with Crippen LogP contribution in [0, 0.1) is 12.8 Å². The van der Waals surface area contributed by atoms with Crippen LogP contribution in [0.15, 0.2) is 52.4 Å². The first-order chi connectivity index (χ1) is 14.5. The van der Waals surface area contributed by atoms with E-state index in [1.807, 2.05) is 19.9 Å². The zero-order valence-corrected chi connectivity index (χ0v) is 17.9. The Morgan fingerprint density at radius 1 is 1.20 bits per heavy atom. The van der Waals surface area contributed by atoms with Gasteiger partial charge in [0.25, 0.3) is 5.56 Å². The molecule has 1 aliphatic heterocycles. The van der Waals surface area contributed by atoms with Gasteiger partial charge in [-0.15, -0.1) is 0 Å². The molecule has 3 aromatic rings. The predicted octanol–water partition coefficient (Wildman–Crippen LogP) is 4.05. The Morgan fingerprint density at radius 2 is 2.00 bits per heavy atom. The van der Waals surface area contributed by atoms with Gasteiger partial charge >= 0.3 is 0 Å². The van der Waals surface area contributed by atoms with Crippen molar-refractivity contribution in [2.45, 2.75) is 38.4 Å². The first-order valence-corrected chi connectivity index (χ1v) is 11.3. The fourth-order valence-electron chi connectivity index (χ4n) is 4.43. The topological polar surface area (TPSA) is 64.0 Å². The van der Waals surface area contributed by atoms with Crippen LogP contribution in [-0.2, 0) is 24.2 Å². The lowest BCUT2D eigenvalue weighted by Crippen LogP contribution is -2.38. The van der Waals surface area contributed by atoms with Crippen LogP contribution in [0.1, 0.15) is 29.3 Å². The maximum absolute atomic E-state index is 13.0. The molecule has 0 radical (unpaired) electrons. The summed E-state index contributed by atoms with van der Waals surface area (Å²) in [6.45, 7) is 4.22. The number of hydrogen-bond donors (Lipinski definition) is 1. The van der Waals surface area contributed by atoms with E-state index in [4.69, 9.17) is 0 Å². The first kappa shape index (κ1) is 19.1. The van der Waals surface area contributed by atoms with Crippen molar-refractivity contribution in [3.63, 3.8) is 0 Å². The number of carbonyl (C=O) groups is 1. The molecule has 0 bridgehead atoms. The quantitative estimate of drug-likeness (QED) is 0.511. The highest BCUT2D eigenvalue weighted by Crippen LogP contribution is 2.37. The third kappa shape index (κ3) is 3.16. The molecule has 2 heterocycles. The largest absolute Gasteiger partial charge is 0.326 e. The lowest BCUT2D eigenvalue weighted by molar-refractivity contribution is -0.119. The average Bonchev–Trinajstić information content (AvgIpc) is 3.11. The lowest BCUT2D eigenvalue weighted by atomic mass is 10.1. The number of anilines is 1. The molecular weight excluding hydrogens is 394 g/mol. The highest BCUT2D eigenvalue weighted by molar-refractivity contribution is 7.99. The molecule has 30 heavy (non-hydrogen) atoms. The minimum Gasteiger partial charge on any atom is -0.326 e. The molecule has 0 unspecified atom stereocenters. The van der Waals surface area contributed by atoms with Gasteiger partial charge in [0.05, 0.1) is 5.92 Å². The number of aryl methyl sites for hydroxylation is 1. The normalized spacial score (nSPS) is 16.5. The van der Waals surface area contributed by atoms with Gasteiger partial charge in [0, 0.05) is 29.2 Å². The monoisotopic (exact) mass is 417 g/mol. The number of hydrogen-bond acceptors (Lipinski definition) is 4. The third-order valence-corrected chi connectivity index (χ3v) is 7.18. The summed E-state index contributed by atoms with van der Waals surface area (Å²) < 4.78 is 1.67. The summed E-state index contributed by atoms with van der Waals surface area (Å²) in [5, 5.41) is 3.79. The second-order valence-corrected chi connectivity index (χ2v) is 8.92. The third-order valence-electron chi connectivity index (χ3n) is 6.04. The summed E-state index contributed by atoms with van der Waals surface area (Å²) in [6.07, 6.45) is 1.54. The molecular formula is C24H23N3O2S. The molecule has 1 aliphatic carbocycles. The van der Waals surface area contributed by atoms with Crippen LogP contribution >= 0.6 is 11.8 Å². The van der Waals surface area contributed by atoms with E-state index in [0.29, 0.717) is 23.9 Å². The SMILES string of the molecule is CCc1c(C)nc2n(c1=O)C[C@H](C(=O)Nc1ccc3c(c1)Cc1ccccc1-3)CS2. The Bertz CT molecular complexity index is 1230. The predicted molar refractivity (Wildman–Crippen MR) is 120 cm³/mol. The van der Waals surface area contributed by atoms with E-state index in [2.05, 4.69) is 46.7 Å². The van der Waals surface area contributed by atoms with E-state index in [9.17, 15) is 9.59 Å². The Morgan fingerprint density at radius 3 is 2.83 bits per heavy atom. The fraction of sp³-hybridized carbons (Fsp3) is 0.292. The van der Waals surface area contributed by atoms with Crippen molar-refractivity contribution >= 4 is 23.4 Å². The van der Waals surface area contributed by atoms with Crippen molar-refractivity contribution in [3.05, 3.63) is 75.2 Å². The van der Waals surface area contributed by atoms with Gasteiger partial charge in [-0.3, -0.25) is 14.2 Å². The molecule has 152 valence electrons. The first-order valence-electron chi connectivity index (χ1n) is 10.3. The molecule has 5 nitrogen and oxygen atoms in total. The Balaban J connectivity index is 1.35. The second kappa shape index (κ2) is 7.43. The Kier molecular flexibility index (Phi) is 4.74. The molecule has 1 atom stereocenters. The van der Waals surface area contributed by atoms with E-state index in [1.54, 1.807) is 4.57 Å². The molecule has 2 aromatic carbocycles. The number of benzene rings is 2. The Labute approximate surface area is 179 Å². The molecule has 0 saturated carbocycles. The maximum atomic E-state index is 13.0. The molecule has 1 aromatic heterocycles. The molecule has 1 amide bonds. The van der Waals surface area contributed by atoms with Crippen LogP contribution in [0.2, 0.25) is 0 Å². The van der Waals surface area contributed by atoms with Crippen molar-refractivity contribution in [1.29, 1.82) is 0 Å². The minimum absolute atomic E-state index is 0.0136. The van der Waals surface area contributed by atoms with Crippen LogP contribution < -0.4 is 10.9 Å². The Hall–Kier alpha value is -2.86. The highest BCUT2D eigenvalue weighted by Gasteiger charge is 2.28. The van der Waals surface area contributed by atoms with Crippen molar-refractivity contribution in [1.82, 2.24) is 9.55 Å². The number of amides is 1. The molecule has 0 spiro atoms. The van der Waals surface area contributed by atoms with Gasteiger partial charge in [0.15, 0.2) is 5.16 Å². The van der Waals surface area contributed by atoms with Crippen LogP contribution in [0.25, 0.3) is 11.1 Å². The van der Waals surface area contributed by atoms with E-state index >= 15 is 0 Å². The zero-order chi connectivity index (χ0) is 20.8. The van der Waals surface area contributed by atoms with Crippen LogP contribution in [0.5, 0.6) is 0 Å². The molecule has 0 fully saturated rings. The number of fused-ring (bicyclic) bond motifs is 4. The highest BCUT2D eigenvalue weighted by atomic mass is 32.2. The zero-order valence-electron chi connectivity index (χ0n) is 17.1. The summed E-state index contributed by atoms with van der Waals surface area (Å²) in [5.74, 6) is 0.313. The molecule has 5 rings (SSSR count). The number of nitrogens with one attached hydrogen (secondary N) is 1. The minimum atomic E-state index is -0.264. The number of carbonyl (C=O) groups excluding carboxylic acids is 1. The van der Waals surface area contributed by atoms with Gasteiger partial charge in [-0.2, -0.15) is 0 Å². The average molecular weight is 418 g/mol. The van der Waals surface area contributed by atoms with E-state index in [-0.39, 0.29) is 17.4 Å². The van der Waals surface area contributed by atoms with Gasteiger partial charge in [-0.1, -0.05) is 49.0 Å². The van der Waals surface area contributed by atoms with Gasteiger partial charge in [0.1, 0.15) is 0 Å². The summed E-state index contributed by atoms with van der Waals surface area (Å²) in [4.78, 5) is 30.4. The summed E-state index contributed by atoms with van der Waals surface area (Å²) in [6, 6.07) is 14.6.